The van der Waals surface area contributed by atoms with Crippen LogP contribution < -0.4 is 0 Å². The summed E-state index contributed by atoms with van der Waals surface area (Å²) in [7, 11) is -4.07. The average Bonchev–Trinajstić information content (AvgIpc) is 2.90. The molecule has 1 aromatic rings. The summed E-state index contributed by atoms with van der Waals surface area (Å²) in [5.74, 6) is 0.825. The number of rotatable bonds is 26. The van der Waals surface area contributed by atoms with E-state index in [2.05, 4.69) is 13.5 Å². The Labute approximate surface area is 237 Å². The first-order valence-electron chi connectivity index (χ1n) is 15.1. The van der Waals surface area contributed by atoms with E-state index >= 15 is 0 Å². The predicted octanol–water partition coefficient (Wildman–Crippen LogP) is 8.11. The van der Waals surface area contributed by atoms with Crippen LogP contribution >= 0.6 is 0 Å². The molecule has 0 aliphatic rings. The largest absolute Gasteiger partial charge is 0.616 e. The van der Waals surface area contributed by atoms with Crippen LogP contribution in [-0.2, 0) is 21.3 Å². The normalized spacial score (nSPS) is 13.6. The lowest BCUT2D eigenvalue weighted by Crippen LogP contribution is -2.36. The Morgan fingerprint density at radius 1 is 0.816 bits per heavy atom. The summed E-state index contributed by atoms with van der Waals surface area (Å²) in [6.45, 7) is 6.86. The van der Waals surface area contributed by atoms with Crippen LogP contribution in [0.1, 0.15) is 121 Å². The van der Waals surface area contributed by atoms with Crippen molar-refractivity contribution in [3.8, 4) is 0 Å². The molecule has 0 aromatic heterocycles. The molecular weight excluding hydrogens is 514 g/mol. The Morgan fingerprint density at radius 2 is 1.29 bits per heavy atom. The Balaban J connectivity index is 2.14. The lowest BCUT2D eigenvalue weighted by Gasteiger charge is -2.29. The van der Waals surface area contributed by atoms with E-state index in [4.69, 9.17) is 0 Å². The number of hydrogen-bond acceptors (Lipinski definition) is 4. The summed E-state index contributed by atoms with van der Waals surface area (Å²) >= 11 is -0.946. The van der Waals surface area contributed by atoms with Crippen LogP contribution in [0.3, 0.4) is 0 Å². The number of unbranched alkanes of at least 4 members (excludes halogenated alkanes) is 15. The summed E-state index contributed by atoms with van der Waals surface area (Å²) in [4.78, 5) is 1.95. The van der Waals surface area contributed by atoms with Gasteiger partial charge in [0.15, 0.2) is 0 Å². The van der Waals surface area contributed by atoms with E-state index in [9.17, 15) is 17.5 Å². The minimum Gasteiger partial charge on any atom is -0.616 e. The van der Waals surface area contributed by atoms with Gasteiger partial charge in [-0.1, -0.05) is 144 Å². The molecule has 1 N–H and O–H groups in total. The van der Waals surface area contributed by atoms with Crippen LogP contribution in [0.2, 0.25) is 0 Å². The molecule has 0 saturated carbocycles. The minimum atomic E-state index is -4.07. The van der Waals surface area contributed by atoms with Crippen LogP contribution in [0.25, 0.3) is 0 Å². The Kier molecular flexibility index (Phi) is 21.2. The SMILES string of the molecule is C=CC(c1ccccc1)N(CC[S+]([O-])CCCCCCCCCCCCCCCCCC)CCS(=O)(=O)O. The fraction of sp³-hybridized carbons (Fsp3) is 0.742. The summed E-state index contributed by atoms with van der Waals surface area (Å²) in [5.41, 5.74) is 1.00. The van der Waals surface area contributed by atoms with Crippen LogP contribution in [0, 0.1) is 0 Å². The molecule has 0 radical (unpaired) electrons. The molecule has 7 heteroatoms. The lowest BCUT2D eigenvalue weighted by atomic mass is 10.0. The van der Waals surface area contributed by atoms with Gasteiger partial charge in [-0.25, -0.2) is 0 Å². The molecule has 220 valence electrons. The maximum absolute atomic E-state index is 12.6. The summed E-state index contributed by atoms with van der Waals surface area (Å²) in [6.07, 6.45) is 22.9. The molecule has 0 aliphatic carbocycles. The van der Waals surface area contributed by atoms with Crippen molar-refractivity contribution >= 4 is 21.3 Å². The molecule has 0 heterocycles. The summed E-state index contributed by atoms with van der Waals surface area (Å²) in [5, 5.41) is 0. The van der Waals surface area contributed by atoms with Crippen LogP contribution in [0.15, 0.2) is 43.0 Å². The van der Waals surface area contributed by atoms with Crippen molar-refractivity contribution in [2.75, 3.05) is 30.3 Å². The topological polar surface area (TPSA) is 80.7 Å². The standard InChI is InChI=1S/C31H55NO4S2/c1-3-5-6-7-8-9-10-11-12-13-14-15-16-17-18-22-27-37(33)28-25-32(26-29-38(34,35)36)31(4-2)30-23-20-19-21-24-30/h4,19-21,23-24,31H,2-3,5-18,22,25-29H2,1H3,(H,34,35,36). The molecule has 0 amide bonds. The van der Waals surface area contributed by atoms with E-state index in [1.54, 1.807) is 6.08 Å². The molecule has 1 rings (SSSR count). The van der Waals surface area contributed by atoms with Crippen molar-refractivity contribution in [3.05, 3.63) is 48.6 Å². The molecule has 0 spiro atoms. The number of benzene rings is 1. The second-order valence-electron chi connectivity index (χ2n) is 10.6. The third-order valence-corrected chi connectivity index (χ3v) is 9.31. The highest BCUT2D eigenvalue weighted by Gasteiger charge is 2.21. The molecule has 0 fully saturated rings. The van der Waals surface area contributed by atoms with Gasteiger partial charge in [0.05, 0.1) is 11.8 Å². The first kappa shape index (κ1) is 35.2. The van der Waals surface area contributed by atoms with E-state index in [1.807, 2.05) is 35.2 Å². The Hall–Kier alpha value is -0.860. The minimum absolute atomic E-state index is 0.167. The van der Waals surface area contributed by atoms with E-state index < -0.39 is 21.3 Å². The molecule has 2 atom stereocenters. The van der Waals surface area contributed by atoms with Gasteiger partial charge in [-0.05, 0) is 18.4 Å². The maximum Gasteiger partial charge on any atom is 0.266 e. The number of nitrogens with zero attached hydrogens (tertiary/aromatic N) is 1. The zero-order valence-corrected chi connectivity index (χ0v) is 25.7. The third-order valence-electron chi connectivity index (χ3n) is 7.23. The molecule has 2 unspecified atom stereocenters. The van der Waals surface area contributed by atoms with Gasteiger partial charge in [0, 0.05) is 13.1 Å². The van der Waals surface area contributed by atoms with E-state index in [-0.39, 0.29) is 18.3 Å². The monoisotopic (exact) mass is 569 g/mol. The van der Waals surface area contributed by atoms with Crippen LogP contribution in [0.4, 0.5) is 0 Å². The van der Waals surface area contributed by atoms with E-state index in [1.165, 1.54) is 89.9 Å². The average molecular weight is 570 g/mol. The van der Waals surface area contributed by atoms with Gasteiger partial charge in [-0.3, -0.25) is 9.45 Å². The lowest BCUT2D eigenvalue weighted by molar-refractivity contribution is 0.257. The molecule has 1 aromatic carbocycles. The number of hydrogen-bond donors (Lipinski definition) is 1. The molecule has 0 saturated heterocycles. The van der Waals surface area contributed by atoms with E-state index in [0.717, 1.165) is 18.4 Å². The zero-order valence-electron chi connectivity index (χ0n) is 24.0. The van der Waals surface area contributed by atoms with Crippen molar-refractivity contribution in [1.82, 2.24) is 4.90 Å². The summed E-state index contributed by atoms with van der Waals surface area (Å²) in [6, 6.07) is 9.55. The zero-order chi connectivity index (χ0) is 27.9. The van der Waals surface area contributed by atoms with E-state index in [0.29, 0.717) is 18.1 Å². The van der Waals surface area contributed by atoms with Crippen molar-refractivity contribution in [2.24, 2.45) is 0 Å². The highest BCUT2D eigenvalue weighted by Crippen LogP contribution is 2.22. The Bertz CT molecular complexity index is 788. The first-order valence-corrected chi connectivity index (χ1v) is 18.2. The van der Waals surface area contributed by atoms with Crippen molar-refractivity contribution in [2.45, 2.75) is 116 Å². The molecule has 38 heavy (non-hydrogen) atoms. The molecule has 5 nitrogen and oxygen atoms in total. The van der Waals surface area contributed by atoms with Crippen molar-refractivity contribution < 1.29 is 17.5 Å². The molecular formula is C31H55NO4S2. The van der Waals surface area contributed by atoms with Gasteiger partial charge < -0.3 is 4.55 Å². The van der Waals surface area contributed by atoms with Gasteiger partial charge in [0.2, 0.25) is 0 Å². The van der Waals surface area contributed by atoms with Gasteiger partial charge in [0.1, 0.15) is 11.5 Å². The van der Waals surface area contributed by atoms with Crippen LogP contribution in [-0.4, -0.2) is 52.8 Å². The molecule has 0 aliphatic heterocycles. The van der Waals surface area contributed by atoms with Gasteiger partial charge in [-0.2, -0.15) is 8.42 Å². The van der Waals surface area contributed by atoms with Gasteiger partial charge >= 0.3 is 0 Å². The maximum atomic E-state index is 12.6. The van der Waals surface area contributed by atoms with Gasteiger partial charge in [-0.15, -0.1) is 6.58 Å². The third kappa shape index (κ3) is 19.2. The predicted molar refractivity (Wildman–Crippen MR) is 165 cm³/mol. The quantitative estimate of drug-likeness (QED) is 0.0527. The molecule has 0 bridgehead atoms. The highest BCUT2D eigenvalue weighted by molar-refractivity contribution is 7.91. The van der Waals surface area contributed by atoms with Crippen LogP contribution in [0.5, 0.6) is 0 Å². The second-order valence-corrected chi connectivity index (χ2v) is 13.8. The van der Waals surface area contributed by atoms with Crippen molar-refractivity contribution in [1.29, 1.82) is 0 Å². The Morgan fingerprint density at radius 3 is 1.74 bits per heavy atom. The summed E-state index contributed by atoms with van der Waals surface area (Å²) < 4.78 is 44.6. The smallest absolute Gasteiger partial charge is 0.266 e. The second kappa shape index (κ2) is 22.9. The fourth-order valence-corrected chi connectivity index (χ4v) is 6.53. The first-order chi connectivity index (χ1) is 18.4. The highest BCUT2D eigenvalue weighted by atomic mass is 32.2. The van der Waals surface area contributed by atoms with Gasteiger partial charge in [0.25, 0.3) is 10.1 Å². The van der Waals surface area contributed by atoms with Crippen molar-refractivity contribution in [3.63, 3.8) is 0 Å². The fourth-order valence-electron chi connectivity index (χ4n) is 4.90.